The largest absolute Gasteiger partial charge is 0.352 e. The van der Waals surface area contributed by atoms with Crippen LogP contribution in [0.1, 0.15) is 35.8 Å². The standard InChI is InChI=1S/C18H23BrN4O/c1-2-17-16(18(24)21-11-13-4-3-9-20-10-13)12-22-23(17)15-7-5-14(19)6-8-15/h5-8,12-13,20H,2-4,9-11H2,1H3,(H,21,24). The van der Waals surface area contributed by atoms with E-state index in [0.29, 0.717) is 11.5 Å². The number of hydrogen-bond donors (Lipinski definition) is 2. The molecule has 128 valence electrons. The van der Waals surface area contributed by atoms with Gasteiger partial charge < -0.3 is 10.6 Å². The molecule has 1 aliphatic rings. The lowest BCUT2D eigenvalue weighted by atomic mass is 9.99. The minimum atomic E-state index is -0.0271. The van der Waals surface area contributed by atoms with Crippen LogP contribution in [0.15, 0.2) is 34.9 Å². The number of amides is 1. The van der Waals surface area contributed by atoms with Gasteiger partial charge in [-0.1, -0.05) is 22.9 Å². The van der Waals surface area contributed by atoms with E-state index in [-0.39, 0.29) is 5.91 Å². The van der Waals surface area contributed by atoms with Gasteiger partial charge in [-0.25, -0.2) is 4.68 Å². The summed E-state index contributed by atoms with van der Waals surface area (Å²) in [6, 6.07) is 7.94. The summed E-state index contributed by atoms with van der Waals surface area (Å²) in [5.74, 6) is 0.495. The minimum Gasteiger partial charge on any atom is -0.352 e. The van der Waals surface area contributed by atoms with Gasteiger partial charge in [-0.05, 0) is 62.5 Å². The van der Waals surface area contributed by atoms with Crippen molar-refractivity contribution in [2.75, 3.05) is 19.6 Å². The molecular weight excluding hydrogens is 368 g/mol. The van der Waals surface area contributed by atoms with Gasteiger partial charge in [0.15, 0.2) is 0 Å². The molecule has 24 heavy (non-hydrogen) atoms. The van der Waals surface area contributed by atoms with Crippen molar-refractivity contribution >= 4 is 21.8 Å². The summed E-state index contributed by atoms with van der Waals surface area (Å²) in [6.45, 7) is 4.84. The predicted molar refractivity (Wildman–Crippen MR) is 98.6 cm³/mol. The highest BCUT2D eigenvalue weighted by Gasteiger charge is 2.19. The summed E-state index contributed by atoms with van der Waals surface area (Å²) in [4.78, 5) is 12.6. The van der Waals surface area contributed by atoms with E-state index in [0.717, 1.165) is 41.9 Å². The van der Waals surface area contributed by atoms with Crippen LogP contribution in [0.4, 0.5) is 0 Å². The van der Waals surface area contributed by atoms with Crippen LogP contribution < -0.4 is 10.6 Å². The van der Waals surface area contributed by atoms with Crippen LogP contribution >= 0.6 is 15.9 Å². The van der Waals surface area contributed by atoms with Crippen molar-refractivity contribution in [3.05, 3.63) is 46.2 Å². The van der Waals surface area contributed by atoms with E-state index in [2.05, 4.69) is 31.7 Å². The fourth-order valence-electron chi connectivity index (χ4n) is 3.14. The monoisotopic (exact) mass is 390 g/mol. The molecule has 0 aliphatic carbocycles. The highest BCUT2D eigenvalue weighted by molar-refractivity contribution is 9.10. The smallest absolute Gasteiger partial charge is 0.254 e. The summed E-state index contributed by atoms with van der Waals surface area (Å²) in [5, 5.41) is 10.9. The number of piperidine rings is 1. The normalized spacial score (nSPS) is 17.7. The van der Waals surface area contributed by atoms with Crippen molar-refractivity contribution in [2.24, 2.45) is 5.92 Å². The Labute approximate surface area is 151 Å². The number of rotatable bonds is 5. The van der Waals surface area contributed by atoms with Gasteiger partial charge in [-0.15, -0.1) is 0 Å². The summed E-state index contributed by atoms with van der Waals surface area (Å²) in [7, 11) is 0. The van der Waals surface area contributed by atoms with E-state index in [1.807, 2.05) is 35.9 Å². The second-order valence-corrected chi connectivity index (χ2v) is 7.08. The molecule has 0 spiro atoms. The molecule has 1 unspecified atom stereocenters. The first kappa shape index (κ1) is 17.2. The van der Waals surface area contributed by atoms with Crippen molar-refractivity contribution in [1.82, 2.24) is 20.4 Å². The van der Waals surface area contributed by atoms with Crippen LogP contribution in [0.3, 0.4) is 0 Å². The van der Waals surface area contributed by atoms with E-state index in [9.17, 15) is 4.79 Å². The fraction of sp³-hybridized carbons (Fsp3) is 0.444. The molecule has 3 rings (SSSR count). The maximum Gasteiger partial charge on any atom is 0.254 e. The predicted octanol–water partition coefficient (Wildman–Crippen LogP) is 2.93. The van der Waals surface area contributed by atoms with E-state index >= 15 is 0 Å². The lowest BCUT2D eigenvalue weighted by Gasteiger charge is -2.22. The Morgan fingerprint density at radius 3 is 2.88 bits per heavy atom. The molecule has 0 saturated carbocycles. The van der Waals surface area contributed by atoms with Crippen LogP contribution in [0.25, 0.3) is 5.69 Å². The highest BCUT2D eigenvalue weighted by Crippen LogP contribution is 2.18. The lowest BCUT2D eigenvalue weighted by molar-refractivity contribution is 0.0944. The van der Waals surface area contributed by atoms with Gasteiger partial charge in [0, 0.05) is 11.0 Å². The number of halogens is 1. The quantitative estimate of drug-likeness (QED) is 0.824. The van der Waals surface area contributed by atoms with Crippen LogP contribution in [0.2, 0.25) is 0 Å². The maximum atomic E-state index is 12.6. The van der Waals surface area contributed by atoms with Crippen molar-refractivity contribution in [3.8, 4) is 5.69 Å². The Hall–Kier alpha value is -1.66. The van der Waals surface area contributed by atoms with E-state index in [1.54, 1.807) is 6.20 Å². The van der Waals surface area contributed by atoms with Crippen molar-refractivity contribution < 1.29 is 4.79 Å². The molecule has 1 aliphatic heterocycles. The summed E-state index contributed by atoms with van der Waals surface area (Å²) in [6.07, 6.45) is 4.79. The molecule has 1 aromatic carbocycles. The second kappa shape index (κ2) is 7.94. The molecular formula is C18H23BrN4O. The van der Waals surface area contributed by atoms with Gasteiger partial charge in [0.05, 0.1) is 23.1 Å². The Balaban J connectivity index is 1.73. The van der Waals surface area contributed by atoms with E-state index < -0.39 is 0 Å². The molecule has 2 N–H and O–H groups in total. The second-order valence-electron chi connectivity index (χ2n) is 6.17. The number of aromatic nitrogens is 2. The van der Waals surface area contributed by atoms with Crippen molar-refractivity contribution in [1.29, 1.82) is 0 Å². The molecule has 1 fully saturated rings. The maximum absolute atomic E-state index is 12.6. The van der Waals surface area contributed by atoms with Crippen LogP contribution in [0, 0.1) is 5.92 Å². The van der Waals surface area contributed by atoms with Gasteiger partial charge in [0.25, 0.3) is 5.91 Å². The third-order valence-electron chi connectivity index (χ3n) is 4.47. The number of benzene rings is 1. The number of carbonyl (C=O) groups excluding carboxylic acids is 1. The zero-order chi connectivity index (χ0) is 16.9. The molecule has 0 radical (unpaired) electrons. The fourth-order valence-corrected chi connectivity index (χ4v) is 3.40. The molecule has 1 saturated heterocycles. The topological polar surface area (TPSA) is 59.0 Å². The molecule has 6 heteroatoms. The number of carbonyl (C=O) groups is 1. The minimum absolute atomic E-state index is 0.0271. The third kappa shape index (κ3) is 3.87. The van der Waals surface area contributed by atoms with Gasteiger partial charge in [0.2, 0.25) is 0 Å². The Bertz CT molecular complexity index is 690. The molecule has 0 bridgehead atoms. The average molecular weight is 391 g/mol. The molecule has 2 heterocycles. The third-order valence-corrected chi connectivity index (χ3v) is 5.00. The van der Waals surface area contributed by atoms with Gasteiger partial charge in [-0.2, -0.15) is 5.10 Å². The molecule has 1 atom stereocenters. The number of nitrogens with zero attached hydrogens (tertiary/aromatic N) is 2. The zero-order valence-corrected chi connectivity index (χ0v) is 15.5. The molecule has 1 aromatic heterocycles. The summed E-state index contributed by atoms with van der Waals surface area (Å²) in [5.41, 5.74) is 2.58. The molecule has 2 aromatic rings. The van der Waals surface area contributed by atoms with E-state index in [4.69, 9.17) is 0 Å². The SMILES string of the molecule is CCc1c(C(=O)NCC2CCCNC2)cnn1-c1ccc(Br)cc1. The first-order valence-corrected chi connectivity index (χ1v) is 9.30. The van der Waals surface area contributed by atoms with Crippen molar-refractivity contribution in [3.63, 3.8) is 0 Å². The summed E-state index contributed by atoms with van der Waals surface area (Å²) >= 11 is 3.44. The first-order chi connectivity index (χ1) is 11.7. The highest BCUT2D eigenvalue weighted by atomic mass is 79.9. The Morgan fingerprint density at radius 1 is 1.42 bits per heavy atom. The molecule has 1 amide bonds. The van der Waals surface area contributed by atoms with Gasteiger partial charge in [-0.3, -0.25) is 4.79 Å². The van der Waals surface area contributed by atoms with E-state index in [1.165, 1.54) is 12.8 Å². The Kier molecular flexibility index (Phi) is 5.68. The number of hydrogen-bond acceptors (Lipinski definition) is 3. The Morgan fingerprint density at radius 2 is 2.21 bits per heavy atom. The zero-order valence-electron chi connectivity index (χ0n) is 13.9. The summed E-state index contributed by atoms with van der Waals surface area (Å²) < 4.78 is 2.87. The molecule has 5 nitrogen and oxygen atoms in total. The van der Waals surface area contributed by atoms with Crippen molar-refractivity contribution in [2.45, 2.75) is 26.2 Å². The van der Waals surface area contributed by atoms with Crippen LogP contribution in [-0.4, -0.2) is 35.3 Å². The van der Waals surface area contributed by atoms with Gasteiger partial charge >= 0.3 is 0 Å². The van der Waals surface area contributed by atoms with Gasteiger partial charge in [0.1, 0.15) is 0 Å². The number of nitrogens with one attached hydrogen (secondary N) is 2. The van der Waals surface area contributed by atoms with Crippen LogP contribution in [0.5, 0.6) is 0 Å². The first-order valence-electron chi connectivity index (χ1n) is 8.50. The lowest BCUT2D eigenvalue weighted by Crippen LogP contribution is -2.38. The van der Waals surface area contributed by atoms with Crippen LogP contribution in [-0.2, 0) is 6.42 Å². The average Bonchev–Trinajstić information content (AvgIpc) is 3.05.